The zero-order chi connectivity index (χ0) is 17.0. The molecule has 0 radical (unpaired) electrons. The lowest BCUT2D eigenvalue weighted by molar-refractivity contribution is -0.145. The smallest absolute Gasteiger partial charge is 0.335 e. The number of rotatable bonds is 7. The predicted molar refractivity (Wildman–Crippen MR) is 80.9 cm³/mol. The number of methoxy groups -OCH3 is 3. The van der Waals surface area contributed by atoms with E-state index in [1.807, 2.05) is 0 Å². The van der Waals surface area contributed by atoms with Gasteiger partial charge in [-0.3, -0.25) is 0 Å². The highest BCUT2D eigenvalue weighted by Crippen LogP contribution is 2.59. The van der Waals surface area contributed by atoms with E-state index in [0.29, 0.717) is 29.2 Å². The van der Waals surface area contributed by atoms with Gasteiger partial charge in [-0.2, -0.15) is 4.99 Å². The summed E-state index contributed by atoms with van der Waals surface area (Å²) in [5.41, 5.74) is -0.526. The molecule has 0 bridgehead atoms. The van der Waals surface area contributed by atoms with Crippen LogP contribution in [0.25, 0.3) is 0 Å². The number of ether oxygens (including phenoxy) is 4. The number of carbonyl (C=O) groups excluding carboxylic acids is 2. The first kappa shape index (κ1) is 16.8. The van der Waals surface area contributed by atoms with Crippen LogP contribution in [0.5, 0.6) is 17.2 Å². The molecule has 1 aliphatic carbocycles. The summed E-state index contributed by atoms with van der Waals surface area (Å²) in [7, 11) is 4.52. The fourth-order valence-electron chi connectivity index (χ4n) is 2.75. The molecule has 7 heteroatoms. The molecule has 1 aromatic rings. The number of isocyanates is 1. The Morgan fingerprint density at radius 2 is 1.96 bits per heavy atom. The molecule has 0 aromatic heterocycles. The molecule has 2 atom stereocenters. The van der Waals surface area contributed by atoms with E-state index >= 15 is 0 Å². The van der Waals surface area contributed by atoms with Crippen LogP contribution in [0.4, 0.5) is 0 Å². The Labute approximate surface area is 134 Å². The molecular weight excluding hydrogens is 302 g/mol. The monoisotopic (exact) mass is 321 g/mol. The SMILES string of the molecule is CCOC(=O)C1(N=C=O)CC1c1ccc(OC)c(OC)c1OC. The normalized spacial score (nSPS) is 21.8. The number of hydrogen-bond acceptors (Lipinski definition) is 7. The molecule has 2 rings (SSSR count). The van der Waals surface area contributed by atoms with Gasteiger partial charge in [-0.15, -0.1) is 0 Å². The maximum atomic E-state index is 12.2. The Balaban J connectivity index is 2.47. The molecule has 0 aliphatic heterocycles. The van der Waals surface area contributed by atoms with Gasteiger partial charge in [0, 0.05) is 11.5 Å². The molecule has 1 aliphatic rings. The minimum atomic E-state index is -1.23. The van der Waals surface area contributed by atoms with Crippen LogP contribution < -0.4 is 14.2 Å². The second kappa shape index (κ2) is 6.71. The zero-order valence-electron chi connectivity index (χ0n) is 13.5. The van der Waals surface area contributed by atoms with E-state index in [9.17, 15) is 9.59 Å². The Morgan fingerprint density at radius 3 is 2.48 bits per heavy atom. The van der Waals surface area contributed by atoms with Gasteiger partial charge >= 0.3 is 5.97 Å². The topological polar surface area (TPSA) is 83.4 Å². The van der Waals surface area contributed by atoms with E-state index in [0.717, 1.165) is 0 Å². The number of benzene rings is 1. The van der Waals surface area contributed by atoms with Gasteiger partial charge in [0.1, 0.15) is 0 Å². The minimum Gasteiger partial charge on any atom is -0.493 e. The summed E-state index contributed by atoms with van der Waals surface area (Å²) in [6.07, 6.45) is 1.83. The first-order chi connectivity index (χ1) is 11.1. The highest BCUT2D eigenvalue weighted by molar-refractivity contribution is 5.88. The summed E-state index contributed by atoms with van der Waals surface area (Å²) in [5.74, 6) is 0.508. The Morgan fingerprint density at radius 1 is 1.26 bits per heavy atom. The average molecular weight is 321 g/mol. The van der Waals surface area contributed by atoms with Crippen molar-refractivity contribution in [3.05, 3.63) is 17.7 Å². The molecule has 0 saturated heterocycles. The standard InChI is InChI=1S/C16H19NO6/c1-5-23-15(19)16(17-9-18)8-11(16)10-6-7-12(20-2)14(22-4)13(10)21-3/h6-7,11H,5,8H2,1-4H3. The molecule has 23 heavy (non-hydrogen) atoms. The molecule has 0 heterocycles. The summed E-state index contributed by atoms with van der Waals surface area (Å²) < 4.78 is 21.0. The van der Waals surface area contributed by atoms with Gasteiger partial charge in [-0.1, -0.05) is 6.07 Å². The summed E-state index contributed by atoms with van der Waals surface area (Å²) >= 11 is 0. The van der Waals surface area contributed by atoms with Crippen molar-refractivity contribution in [2.24, 2.45) is 4.99 Å². The van der Waals surface area contributed by atoms with Crippen molar-refractivity contribution in [3.63, 3.8) is 0 Å². The molecule has 0 spiro atoms. The highest BCUT2D eigenvalue weighted by atomic mass is 16.5. The van der Waals surface area contributed by atoms with Crippen LogP contribution in [-0.4, -0.2) is 45.5 Å². The molecule has 1 aromatic carbocycles. The largest absolute Gasteiger partial charge is 0.493 e. The average Bonchev–Trinajstić information content (AvgIpc) is 3.29. The van der Waals surface area contributed by atoms with Crippen molar-refractivity contribution in [1.82, 2.24) is 0 Å². The second-order valence-electron chi connectivity index (χ2n) is 5.03. The lowest BCUT2D eigenvalue weighted by Gasteiger charge is -2.17. The lowest BCUT2D eigenvalue weighted by atomic mass is 10.0. The first-order valence-corrected chi connectivity index (χ1v) is 7.14. The molecule has 0 N–H and O–H groups in total. The van der Waals surface area contributed by atoms with Crippen molar-refractivity contribution >= 4 is 12.0 Å². The second-order valence-corrected chi connectivity index (χ2v) is 5.03. The van der Waals surface area contributed by atoms with E-state index < -0.39 is 11.5 Å². The Kier molecular flexibility index (Phi) is 4.91. The molecule has 0 amide bonds. The zero-order valence-corrected chi connectivity index (χ0v) is 13.5. The van der Waals surface area contributed by atoms with E-state index in [-0.39, 0.29) is 12.5 Å². The molecule has 2 unspecified atom stereocenters. The number of hydrogen-bond donors (Lipinski definition) is 0. The lowest BCUT2D eigenvalue weighted by Crippen LogP contribution is -2.25. The maximum Gasteiger partial charge on any atom is 0.335 e. The third kappa shape index (κ3) is 2.75. The van der Waals surface area contributed by atoms with Crippen LogP contribution in [0.1, 0.15) is 24.8 Å². The number of carbonyl (C=O) groups is 1. The van der Waals surface area contributed by atoms with Crippen LogP contribution in [0.15, 0.2) is 17.1 Å². The third-order valence-electron chi connectivity index (χ3n) is 3.92. The molecule has 7 nitrogen and oxygen atoms in total. The summed E-state index contributed by atoms with van der Waals surface area (Å²) in [5, 5.41) is 0. The first-order valence-electron chi connectivity index (χ1n) is 7.14. The molecular formula is C16H19NO6. The number of nitrogens with zero attached hydrogens (tertiary/aromatic N) is 1. The van der Waals surface area contributed by atoms with Crippen LogP contribution in [0, 0.1) is 0 Å². The fourth-order valence-corrected chi connectivity index (χ4v) is 2.75. The number of aliphatic imine (C=N–C) groups is 1. The predicted octanol–water partition coefficient (Wildman–Crippen LogP) is 1.84. The van der Waals surface area contributed by atoms with Gasteiger partial charge in [-0.25, -0.2) is 9.59 Å². The third-order valence-corrected chi connectivity index (χ3v) is 3.92. The molecule has 1 fully saturated rings. The van der Waals surface area contributed by atoms with Crippen molar-refractivity contribution < 1.29 is 28.5 Å². The number of esters is 1. The quantitative estimate of drug-likeness (QED) is 0.433. The van der Waals surface area contributed by atoms with E-state index in [1.54, 1.807) is 19.1 Å². The van der Waals surface area contributed by atoms with Gasteiger partial charge in [0.25, 0.3) is 0 Å². The van der Waals surface area contributed by atoms with Crippen molar-refractivity contribution in [2.45, 2.75) is 24.8 Å². The summed E-state index contributed by atoms with van der Waals surface area (Å²) in [4.78, 5) is 26.6. The van der Waals surface area contributed by atoms with Crippen LogP contribution in [0.2, 0.25) is 0 Å². The van der Waals surface area contributed by atoms with Crippen molar-refractivity contribution in [3.8, 4) is 17.2 Å². The minimum absolute atomic E-state index is 0.213. The van der Waals surface area contributed by atoms with Crippen LogP contribution in [0.3, 0.4) is 0 Å². The van der Waals surface area contributed by atoms with Gasteiger partial charge < -0.3 is 18.9 Å². The van der Waals surface area contributed by atoms with Crippen molar-refractivity contribution in [2.75, 3.05) is 27.9 Å². The molecule has 124 valence electrons. The van der Waals surface area contributed by atoms with Crippen LogP contribution in [-0.2, 0) is 14.3 Å². The van der Waals surface area contributed by atoms with Gasteiger partial charge in [-0.05, 0) is 19.4 Å². The highest BCUT2D eigenvalue weighted by Gasteiger charge is 2.64. The van der Waals surface area contributed by atoms with Gasteiger partial charge in [0.05, 0.1) is 27.9 Å². The van der Waals surface area contributed by atoms with E-state index in [4.69, 9.17) is 18.9 Å². The van der Waals surface area contributed by atoms with Crippen LogP contribution >= 0.6 is 0 Å². The van der Waals surface area contributed by atoms with Gasteiger partial charge in [0.15, 0.2) is 17.0 Å². The van der Waals surface area contributed by atoms with Crippen molar-refractivity contribution in [1.29, 1.82) is 0 Å². The summed E-state index contributed by atoms with van der Waals surface area (Å²) in [6, 6.07) is 3.49. The Bertz CT molecular complexity index is 652. The van der Waals surface area contributed by atoms with E-state index in [1.165, 1.54) is 27.4 Å². The maximum absolute atomic E-state index is 12.2. The summed E-state index contributed by atoms with van der Waals surface area (Å²) in [6.45, 7) is 1.91. The Hall–Kier alpha value is -2.53. The van der Waals surface area contributed by atoms with Gasteiger partial charge in [0.2, 0.25) is 11.8 Å². The molecule has 1 saturated carbocycles. The van der Waals surface area contributed by atoms with E-state index in [2.05, 4.69) is 4.99 Å². The fraction of sp³-hybridized carbons (Fsp3) is 0.500.